The largest absolute Gasteiger partial charge is 0.468 e. The van der Waals surface area contributed by atoms with E-state index in [0.29, 0.717) is 12.7 Å². The highest BCUT2D eigenvalue weighted by Gasteiger charge is 1.98. The van der Waals surface area contributed by atoms with Gasteiger partial charge in [-0.1, -0.05) is 26.0 Å². The Labute approximate surface area is 79.5 Å². The molecule has 1 rings (SSSR count). The molecule has 0 unspecified atom stereocenters. The molecule has 0 spiro atoms. The molecule has 13 heavy (non-hydrogen) atoms. The molecule has 0 amide bonds. The predicted octanol–water partition coefficient (Wildman–Crippen LogP) is 2.79. The molecule has 72 valence electrons. The van der Waals surface area contributed by atoms with Gasteiger partial charge >= 0.3 is 0 Å². The highest BCUT2D eigenvalue weighted by atomic mass is 16.7. The van der Waals surface area contributed by atoms with Crippen molar-refractivity contribution in [3.8, 4) is 5.75 Å². The van der Waals surface area contributed by atoms with Gasteiger partial charge in [0.1, 0.15) is 5.75 Å². The summed E-state index contributed by atoms with van der Waals surface area (Å²) in [6.07, 6.45) is 0. The fourth-order valence-electron chi connectivity index (χ4n) is 1.08. The van der Waals surface area contributed by atoms with Gasteiger partial charge in [-0.3, -0.25) is 0 Å². The summed E-state index contributed by atoms with van der Waals surface area (Å²) in [4.78, 5) is 0. The molecule has 0 radical (unpaired) electrons. The van der Waals surface area contributed by atoms with Crippen LogP contribution in [0, 0.1) is 0 Å². The van der Waals surface area contributed by atoms with E-state index >= 15 is 0 Å². The monoisotopic (exact) mass is 180 g/mol. The zero-order chi connectivity index (χ0) is 9.68. The number of rotatable bonds is 4. The van der Waals surface area contributed by atoms with Gasteiger partial charge in [0.05, 0.1) is 0 Å². The van der Waals surface area contributed by atoms with E-state index < -0.39 is 0 Å². The second-order valence-electron chi connectivity index (χ2n) is 3.27. The quantitative estimate of drug-likeness (QED) is 0.663. The molecule has 1 aromatic carbocycles. The molecule has 0 fully saturated rings. The van der Waals surface area contributed by atoms with Crippen LogP contribution in [0.2, 0.25) is 0 Å². The van der Waals surface area contributed by atoms with Gasteiger partial charge in [0.25, 0.3) is 0 Å². The van der Waals surface area contributed by atoms with Gasteiger partial charge in [0.15, 0.2) is 6.79 Å². The smallest absolute Gasteiger partial charge is 0.188 e. The van der Waals surface area contributed by atoms with E-state index in [9.17, 15) is 0 Å². The third-order valence-corrected chi connectivity index (χ3v) is 1.89. The molecule has 0 aromatic heterocycles. The highest BCUT2D eigenvalue weighted by molar-refractivity contribution is 5.28. The van der Waals surface area contributed by atoms with E-state index in [1.807, 2.05) is 12.1 Å². The Kier molecular flexibility index (Phi) is 3.77. The van der Waals surface area contributed by atoms with Gasteiger partial charge in [-0.2, -0.15) is 0 Å². The van der Waals surface area contributed by atoms with Crippen molar-refractivity contribution in [1.29, 1.82) is 0 Å². The third-order valence-electron chi connectivity index (χ3n) is 1.89. The van der Waals surface area contributed by atoms with Crippen molar-refractivity contribution in [3.05, 3.63) is 29.8 Å². The van der Waals surface area contributed by atoms with Crippen molar-refractivity contribution in [1.82, 2.24) is 0 Å². The molecule has 2 nitrogen and oxygen atoms in total. The van der Waals surface area contributed by atoms with E-state index in [2.05, 4.69) is 26.0 Å². The lowest BCUT2D eigenvalue weighted by atomic mass is 10.0. The van der Waals surface area contributed by atoms with Gasteiger partial charge in [0, 0.05) is 7.11 Å². The topological polar surface area (TPSA) is 18.5 Å². The summed E-state index contributed by atoms with van der Waals surface area (Å²) in [6, 6.07) is 8.09. The molecular weight excluding hydrogens is 164 g/mol. The van der Waals surface area contributed by atoms with Crippen LogP contribution >= 0.6 is 0 Å². The molecule has 0 aliphatic carbocycles. The summed E-state index contributed by atoms with van der Waals surface area (Å²) in [7, 11) is 1.61. The molecule has 0 N–H and O–H groups in total. The summed E-state index contributed by atoms with van der Waals surface area (Å²) >= 11 is 0. The van der Waals surface area contributed by atoms with Crippen molar-refractivity contribution in [2.75, 3.05) is 13.9 Å². The molecule has 0 bridgehead atoms. The van der Waals surface area contributed by atoms with Crippen LogP contribution in [0.1, 0.15) is 25.3 Å². The van der Waals surface area contributed by atoms with E-state index in [-0.39, 0.29) is 0 Å². The lowest BCUT2D eigenvalue weighted by molar-refractivity contribution is 0.0511. The summed E-state index contributed by atoms with van der Waals surface area (Å²) in [5, 5.41) is 0. The Morgan fingerprint density at radius 2 is 1.77 bits per heavy atom. The predicted molar refractivity (Wildman–Crippen MR) is 53.0 cm³/mol. The van der Waals surface area contributed by atoms with Gasteiger partial charge in [-0.25, -0.2) is 0 Å². The molecule has 0 atom stereocenters. The van der Waals surface area contributed by atoms with Crippen LogP contribution in [0.3, 0.4) is 0 Å². The van der Waals surface area contributed by atoms with E-state index in [0.717, 1.165) is 5.75 Å². The summed E-state index contributed by atoms with van der Waals surface area (Å²) in [5.74, 6) is 1.42. The number of hydrogen-bond acceptors (Lipinski definition) is 2. The zero-order valence-electron chi connectivity index (χ0n) is 8.41. The molecule has 2 heteroatoms. The average Bonchev–Trinajstić information content (AvgIpc) is 2.15. The van der Waals surface area contributed by atoms with Crippen molar-refractivity contribution in [3.63, 3.8) is 0 Å². The van der Waals surface area contributed by atoms with Crippen molar-refractivity contribution < 1.29 is 9.47 Å². The van der Waals surface area contributed by atoms with Crippen molar-refractivity contribution >= 4 is 0 Å². The number of benzene rings is 1. The number of hydrogen-bond donors (Lipinski definition) is 0. The van der Waals surface area contributed by atoms with Crippen LogP contribution in [-0.2, 0) is 4.74 Å². The first kappa shape index (κ1) is 10.1. The third kappa shape index (κ3) is 3.07. The Hall–Kier alpha value is -1.02. The van der Waals surface area contributed by atoms with Crippen molar-refractivity contribution in [2.24, 2.45) is 0 Å². The Morgan fingerprint density at radius 3 is 2.23 bits per heavy atom. The maximum atomic E-state index is 5.27. The Morgan fingerprint density at radius 1 is 1.15 bits per heavy atom. The maximum Gasteiger partial charge on any atom is 0.188 e. The second-order valence-corrected chi connectivity index (χ2v) is 3.27. The summed E-state index contributed by atoms with van der Waals surface area (Å²) < 4.78 is 10.1. The molecule has 0 saturated carbocycles. The van der Waals surface area contributed by atoms with Gasteiger partial charge in [0.2, 0.25) is 0 Å². The first-order chi connectivity index (χ1) is 6.24. The van der Waals surface area contributed by atoms with Crippen LogP contribution in [-0.4, -0.2) is 13.9 Å². The summed E-state index contributed by atoms with van der Waals surface area (Å²) in [6.45, 7) is 4.65. The SMILES string of the molecule is COCOc1ccc(C(C)C)cc1. The van der Waals surface area contributed by atoms with Crippen LogP contribution in [0.15, 0.2) is 24.3 Å². The van der Waals surface area contributed by atoms with E-state index in [4.69, 9.17) is 9.47 Å². The zero-order valence-corrected chi connectivity index (χ0v) is 8.41. The first-order valence-electron chi connectivity index (χ1n) is 4.45. The lowest BCUT2D eigenvalue weighted by Gasteiger charge is -2.07. The minimum Gasteiger partial charge on any atom is -0.468 e. The van der Waals surface area contributed by atoms with Gasteiger partial charge in [-0.05, 0) is 23.6 Å². The minimum atomic E-state index is 0.307. The highest BCUT2D eigenvalue weighted by Crippen LogP contribution is 2.18. The van der Waals surface area contributed by atoms with Crippen LogP contribution < -0.4 is 4.74 Å². The minimum absolute atomic E-state index is 0.307. The standard InChI is InChI=1S/C11H16O2/c1-9(2)10-4-6-11(7-5-10)13-8-12-3/h4-7,9H,8H2,1-3H3. The van der Waals surface area contributed by atoms with E-state index in [1.165, 1.54) is 5.56 Å². The Bertz CT molecular complexity index is 239. The van der Waals surface area contributed by atoms with E-state index in [1.54, 1.807) is 7.11 Å². The fraction of sp³-hybridized carbons (Fsp3) is 0.455. The maximum absolute atomic E-state index is 5.27. The van der Waals surface area contributed by atoms with Gasteiger partial charge < -0.3 is 9.47 Å². The van der Waals surface area contributed by atoms with Crippen molar-refractivity contribution in [2.45, 2.75) is 19.8 Å². The van der Waals surface area contributed by atoms with Gasteiger partial charge in [-0.15, -0.1) is 0 Å². The van der Waals surface area contributed by atoms with Crippen LogP contribution in [0.4, 0.5) is 0 Å². The molecule has 0 saturated heterocycles. The van der Waals surface area contributed by atoms with Crippen LogP contribution in [0.25, 0.3) is 0 Å². The number of methoxy groups -OCH3 is 1. The lowest BCUT2D eigenvalue weighted by Crippen LogP contribution is -1.98. The Balaban J connectivity index is 2.59. The average molecular weight is 180 g/mol. The second kappa shape index (κ2) is 4.87. The fourth-order valence-corrected chi connectivity index (χ4v) is 1.08. The number of ether oxygens (including phenoxy) is 2. The molecule has 1 aromatic rings. The molecule has 0 heterocycles. The molecule has 0 aliphatic rings. The normalized spacial score (nSPS) is 10.5. The molecular formula is C11H16O2. The van der Waals surface area contributed by atoms with Crippen LogP contribution in [0.5, 0.6) is 5.75 Å². The molecule has 0 aliphatic heterocycles. The first-order valence-corrected chi connectivity index (χ1v) is 4.45. The summed E-state index contributed by atoms with van der Waals surface area (Å²) in [5.41, 5.74) is 1.32.